The summed E-state index contributed by atoms with van der Waals surface area (Å²) in [7, 11) is 0. The lowest BCUT2D eigenvalue weighted by molar-refractivity contribution is 0.0697. The number of pyridine rings is 1. The molecule has 1 atom stereocenters. The molecule has 1 heterocycles. The van der Waals surface area contributed by atoms with Crippen molar-refractivity contribution in [3.05, 3.63) is 70.0 Å². The number of allylic oxidation sites excluding steroid dienone is 1. The number of hydrogen-bond donors (Lipinski definition) is 1. The average Bonchev–Trinajstić information content (AvgIpc) is 2.82. The Morgan fingerprint density at radius 2 is 2.11 bits per heavy atom. The minimum atomic E-state index is -0.913. The molecule has 0 spiro atoms. The minimum Gasteiger partial charge on any atom is -0.478 e. The lowest BCUT2D eigenvalue weighted by Gasteiger charge is -2.10. The van der Waals surface area contributed by atoms with Gasteiger partial charge in [0.05, 0.1) is 16.3 Å². The van der Waals surface area contributed by atoms with Crippen LogP contribution >= 0.6 is 11.6 Å². The van der Waals surface area contributed by atoms with E-state index in [-0.39, 0.29) is 5.92 Å². The summed E-state index contributed by atoms with van der Waals surface area (Å²) >= 11 is 5.83. The van der Waals surface area contributed by atoms with Crippen LogP contribution in [0.15, 0.2) is 42.6 Å². The summed E-state index contributed by atoms with van der Waals surface area (Å²) in [5.41, 5.74) is 3.21. The maximum absolute atomic E-state index is 10.9. The molecule has 0 aliphatic heterocycles. The van der Waals surface area contributed by atoms with Gasteiger partial charge in [-0.2, -0.15) is 0 Å². The second kappa shape index (κ2) is 4.52. The summed E-state index contributed by atoms with van der Waals surface area (Å²) in [6, 6.07) is 8.85. The lowest BCUT2D eigenvalue weighted by atomic mass is 9.96. The zero-order valence-electron chi connectivity index (χ0n) is 9.88. The van der Waals surface area contributed by atoms with E-state index in [9.17, 15) is 4.79 Å². The summed E-state index contributed by atoms with van der Waals surface area (Å²) in [5, 5.41) is 9.58. The standard InChI is InChI=1S/C15H10ClNO2/c16-11-3-6-14(17-8-11)13-5-1-9-7-10(15(18)19)2-4-12(9)13/h1-8,13H,(H,18,19). The Labute approximate surface area is 115 Å². The Hall–Kier alpha value is -2.13. The molecule has 0 saturated heterocycles. The predicted octanol–water partition coefficient (Wildman–Crippen LogP) is 3.59. The van der Waals surface area contributed by atoms with Crippen molar-refractivity contribution in [2.45, 2.75) is 5.92 Å². The molecule has 1 unspecified atom stereocenters. The first kappa shape index (κ1) is 11.9. The molecule has 2 aromatic rings. The highest BCUT2D eigenvalue weighted by Gasteiger charge is 2.21. The molecule has 19 heavy (non-hydrogen) atoms. The van der Waals surface area contributed by atoms with Gasteiger partial charge in [-0.3, -0.25) is 4.98 Å². The molecule has 0 amide bonds. The van der Waals surface area contributed by atoms with Gasteiger partial charge < -0.3 is 5.11 Å². The Morgan fingerprint density at radius 3 is 2.79 bits per heavy atom. The van der Waals surface area contributed by atoms with Gasteiger partial charge in [0.15, 0.2) is 0 Å². The first-order valence-electron chi connectivity index (χ1n) is 5.82. The number of benzene rings is 1. The SMILES string of the molecule is O=C(O)c1ccc2c(c1)C=CC2c1ccc(Cl)cn1. The number of hydrogen-bond acceptors (Lipinski definition) is 2. The van der Waals surface area contributed by atoms with E-state index in [2.05, 4.69) is 4.98 Å². The van der Waals surface area contributed by atoms with Crippen LogP contribution in [0.1, 0.15) is 33.1 Å². The second-order valence-corrected chi connectivity index (χ2v) is 4.82. The number of halogens is 1. The number of rotatable bonds is 2. The van der Waals surface area contributed by atoms with E-state index in [1.54, 1.807) is 24.4 Å². The predicted molar refractivity (Wildman–Crippen MR) is 73.5 cm³/mol. The topological polar surface area (TPSA) is 50.2 Å². The highest BCUT2D eigenvalue weighted by atomic mass is 35.5. The summed E-state index contributed by atoms with van der Waals surface area (Å²) in [6.45, 7) is 0. The summed E-state index contributed by atoms with van der Waals surface area (Å²) in [6.07, 6.45) is 5.57. The van der Waals surface area contributed by atoms with Crippen molar-refractivity contribution in [3.8, 4) is 0 Å². The fourth-order valence-corrected chi connectivity index (χ4v) is 2.38. The number of aromatic carboxylic acids is 1. The number of carboxylic acids is 1. The van der Waals surface area contributed by atoms with Crippen molar-refractivity contribution < 1.29 is 9.90 Å². The molecule has 1 aromatic heterocycles. The van der Waals surface area contributed by atoms with Crippen LogP contribution in [0.2, 0.25) is 5.02 Å². The second-order valence-electron chi connectivity index (χ2n) is 4.39. The number of nitrogens with zero attached hydrogens (tertiary/aromatic N) is 1. The summed E-state index contributed by atoms with van der Waals surface area (Å²) < 4.78 is 0. The van der Waals surface area contributed by atoms with Gasteiger partial charge in [-0.1, -0.05) is 29.8 Å². The van der Waals surface area contributed by atoms with Gasteiger partial charge in [0, 0.05) is 12.1 Å². The average molecular weight is 272 g/mol. The molecular formula is C15H10ClNO2. The van der Waals surface area contributed by atoms with Gasteiger partial charge in [0.1, 0.15) is 0 Å². The molecule has 94 valence electrons. The number of carbonyl (C=O) groups is 1. The van der Waals surface area contributed by atoms with Gasteiger partial charge >= 0.3 is 5.97 Å². The van der Waals surface area contributed by atoms with E-state index in [0.717, 1.165) is 16.8 Å². The Balaban J connectivity index is 2.01. The third-order valence-corrected chi connectivity index (χ3v) is 3.43. The quantitative estimate of drug-likeness (QED) is 0.908. The van der Waals surface area contributed by atoms with Crippen molar-refractivity contribution in [1.29, 1.82) is 0 Å². The van der Waals surface area contributed by atoms with Crippen LogP contribution in [-0.4, -0.2) is 16.1 Å². The van der Waals surface area contributed by atoms with Crippen molar-refractivity contribution in [1.82, 2.24) is 4.98 Å². The minimum absolute atomic E-state index is 0.0649. The first-order chi connectivity index (χ1) is 9.15. The van der Waals surface area contributed by atoms with Crippen molar-refractivity contribution >= 4 is 23.6 Å². The van der Waals surface area contributed by atoms with Gasteiger partial charge in [-0.05, 0) is 35.4 Å². The third kappa shape index (κ3) is 2.13. The van der Waals surface area contributed by atoms with Crippen LogP contribution in [0.3, 0.4) is 0 Å². The third-order valence-electron chi connectivity index (χ3n) is 3.21. The molecule has 0 bridgehead atoms. The maximum Gasteiger partial charge on any atom is 0.335 e. The Kier molecular flexibility index (Phi) is 2.84. The highest BCUT2D eigenvalue weighted by Crippen LogP contribution is 2.35. The molecule has 3 rings (SSSR count). The van der Waals surface area contributed by atoms with E-state index >= 15 is 0 Å². The van der Waals surface area contributed by atoms with E-state index in [1.807, 2.05) is 24.3 Å². The van der Waals surface area contributed by atoms with Crippen molar-refractivity contribution in [2.24, 2.45) is 0 Å². The fraction of sp³-hybridized carbons (Fsp3) is 0.0667. The zero-order chi connectivity index (χ0) is 13.4. The van der Waals surface area contributed by atoms with E-state index in [4.69, 9.17) is 16.7 Å². The normalized spacial score (nSPS) is 16.4. The van der Waals surface area contributed by atoms with Crippen LogP contribution in [-0.2, 0) is 0 Å². The first-order valence-corrected chi connectivity index (χ1v) is 6.20. The largest absolute Gasteiger partial charge is 0.478 e. The Morgan fingerprint density at radius 1 is 1.26 bits per heavy atom. The van der Waals surface area contributed by atoms with E-state index in [0.29, 0.717) is 10.6 Å². The van der Waals surface area contributed by atoms with Crippen molar-refractivity contribution in [3.63, 3.8) is 0 Å². The number of fused-ring (bicyclic) bond motifs is 1. The molecule has 1 N–H and O–H groups in total. The van der Waals surface area contributed by atoms with Gasteiger partial charge in [-0.25, -0.2) is 4.79 Å². The molecule has 4 heteroatoms. The molecule has 0 saturated carbocycles. The molecule has 1 aromatic carbocycles. The van der Waals surface area contributed by atoms with Crippen LogP contribution < -0.4 is 0 Å². The summed E-state index contributed by atoms with van der Waals surface area (Å²) in [4.78, 5) is 15.3. The van der Waals surface area contributed by atoms with Gasteiger partial charge in [-0.15, -0.1) is 0 Å². The van der Waals surface area contributed by atoms with Gasteiger partial charge in [0.2, 0.25) is 0 Å². The Bertz CT molecular complexity index is 677. The van der Waals surface area contributed by atoms with Crippen LogP contribution in [0, 0.1) is 0 Å². The zero-order valence-corrected chi connectivity index (χ0v) is 10.6. The highest BCUT2D eigenvalue weighted by molar-refractivity contribution is 6.30. The van der Waals surface area contributed by atoms with Crippen LogP contribution in [0.25, 0.3) is 6.08 Å². The molecule has 0 radical (unpaired) electrons. The lowest BCUT2D eigenvalue weighted by Crippen LogP contribution is -2.01. The maximum atomic E-state index is 10.9. The van der Waals surface area contributed by atoms with Crippen molar-refractivity contribution in [2.75, 3.05) is 0 Å². The molecular weight excluding hydrogens is 262 g/mol. The molecule has 1 aliphatic carbocycles. The van der Waals surface area contributed by atoms with Crippen LogP contribution in [0.5, 0.6) is 0 Å². The number of carboxylic acid groups (broad SMARTS) is 1. The van der Waals surface area contributed by atoms with E-state index in [1.165, 1.54) is 0 Å². The van der Waals surface area contributed by atoms with Crippen LogP contribution in [0.4, 0.5) is 0 Å². The smallest absolute Gasteiger partial charge is 0.335 e. The summed E-state index contributed by atoms with van der Waals surface area (Å²) in [5.74, 6) is -0.848. The molecule has 0 fully saturated rings. The van der Waals surface area contributed by atoms with Gasteiger partial charge in [0.25, 0.3) is 0 Å². The number of aromatic nitrogens is 1. The molecule has 1 aliphatic rings. The monoisotopic (exact) mass is 271 g/mol. The fourth-order valence-electron chi connectivity index (χ4n) is 2.27. The molecule has 3 nitrogen and oxygen atoms in total. The van der Waals surface area contributed by atoms with E-state index < -0.39 is 5.97 Å².